The third-order valence-corrected chi connectivity index (χ3v) is 2.83. The van der Waals surface area contributed by atoms with E-state index >= 15 is 0 Å². The van der Waals surface area contributed by atoms with E-state index in [4.69, 9.17) is 25.9 Å². The van der Waals surface area contributed by atoms with Crippen LogP contribution in [0.5, 0.6) is 5.75 Å². The molecule has 0 atom stereocenters. The van der Waals surface area contributed by atoms with Gasteiger partial charge >= 0.3 is 5.97 Å². The first kappa shape index (κ1) is 14.0. The highest BCUT2D eigenvalue weighted by Crippen LogP contribution is 2.31. The first-order valence-electron chi connectivity index (χ1n) is 5.48. The molecule has 104 valence electrons. The highest BCUT2D eigenvalue weighted by atomic mass is 35.5. The lowest BCUT2D eigenvalue weighted by Crippen LogP contribution is -2.12. The van der Waals surface area contributed by atoms with Gasteiger partial charge in [-0.25, -0.2) is 4.79 Å². The summed E-state index contributed by atoms with van der Waals surface area (Å²) >= 11 is 5.94. The van der Waals surface area contributed by atoms with E-state index in [2.05, 4.69) is 5.32 Å². The van der Waals surface area contributed by atoms with Gasteiger partial charge < -0.3 is 19.6 Å². The molecule has 2 N–H and O–H groups in total. The largest absolute Gasteiger partial charge is 0.496 e. The minimum Gasteiger partial charge on any atom is -0.496 e. The predicted octanol–water partition coefficient (Wildman–Crippen LogP) is 2.89. The van der Waals surface area contributed by atoms with Gasteiger partial charge in [-0.3, -0.25) is 4.79 Å². The normalized spacial score (nSPS) is 10.1. The van der Waals surface area contributed by atoms with Crippen molar-refractivity contribution in [3.05, 3.63) is 46.9 Å². The van der Waals surface area contributed by atoms with Crippen LogP contribution in [0, 0.1) is 0 Å². The Morgan fingerprint density at radius 3 is 2.70 bits per heavy atom. The van der Waals surface area contributed by atoms with E-state index in [0.29, 0.717) is 0 Å². The summed E-state index contributed by atoms with van der Waals surface area (Å²) in [6.45, 7) is 0. The van der Waals surface area contributed by atoms with Gasteiger partial charge in [0.05, 0.1) is 24.1 Å². The molecule has 6 nitrogen and oxygen atoms in total. The van der Waals surface area contributed by atoms with Gasteiger partial charge in [-0.15, -0.1) is 0 Å². The number of carbonyl (C=O) groups excluding carboxylic acids is 1. The number of ether oxygens (including phenoxy) is 1. The van der Waals surface area contributed by atoms with Crippen LogP contribution in [-0.2, 0) is 0 Å². The van der Waals surface area contributed by atoms with Crippen LogP contribution in [0.1, 0.15) is 20.9 Å². The van der Waals surface area contributed by atoms with E-state index in [0.717, 1.165) is 0 Å². The number of hydrogen-bond acceptors (Lipinski definition) is 4. The van der Waals surface area contributed by atoms with E-state index in [1.807, 2.05) is 0 Å². The molecule has 0 spiro atoms. The van der Waals surface area contributed by atoms with Gasteiger partial charge in [0.15, 0.2) is 5.76 Å². The fourth-order valence-corrected chi connectivity index (χ4v) is 1.79. The van der Waals surface area contributed by atoms with Gasteiger partial charge in [0.25, 0.3) is 5.91 Å². The molecule has 0 unspecified atom stereocenters. The number of furan rings is 1. The number of hydrogen-bond donors (Lipinski definition) is 2. The van der Waals surface area contributed by atoms with Crippen molar-refractivity contribution < 1.29 is 23.8 Å². The molecule has 7 heteroatoms. The molecule has 0 fully saturated rings. The summed E-state index contributed by atoms with van der Waals surface area (Å²) in [6.07, 6.45) is 1.37. The zero-order chi connectivity index (χ0) is 14.7. The van der Waals surface area contributed by atoms with Crippen LogP contribution in [0.25, 0.3) is 0 Å². The minimum atomic E-state index is -1.17. The van der Waals surface area contributed by atoms with E-state index in [9.17, 15) is 9.59 Å². The van der Waals surface area contributed by atoms with Crippen LogP contribution >= 0.6 is 11.6 Å². The zero-order valence-corrected chi connectivity index (χ0v) is 11.1. The lowest BCUT2D eigenvalue weighted by Gasteiger charge is -2.10. The second-order valence-electron chi connectivity index (χ2n) is 3.77. The number of methoxy groups -OCH3 is 1. The maximum atomic E-state index is 11.8. The Bertz CT molecular complexity index is 651. The molecule has 0 saturated carbocycles. The molecule has 0 bridgehead atoms. The first-order chi connectivity index (χ1) is 9.52. The Hall–Kier alpha value is -2.47. The molecule has 0 aliphatic rings. The number of carboxylic acids is 1. The number of aromatic carboxylic acids is 1. The molecule has 0 saturated heterocycles. The van der Waals surface area contributed by atoms with Crippen LogP contribution in [0.15, 0.2) is 34.9 Å². The van der Waals surface area contributed by atoms with E-state index in [1.54, 1.807) is 6.07 Å². The molecular weight excluding hydrogens is 286 g/mol. The van der Waals surface area contributed by atoms with Gasteiger partial charge in [0, 0.05) is 6.07 Å². The Morgan fingerprint density at radius 2 is 2.15 bits per heavy atom. The molecule has 1 aromatic heterocycles. The molecule has 1 amide bonds. The summed E-state index contributed by atoms with van der Waals surface area (Å²) in [5, 5.41) is 11.6. The van der Waals surface area contributed by atoms with Gasteiger partial charge in [-0.1, -0.05) is 11.6 Å². The summed E-state index contributed by atoms with van der Waals surface area (Å²) in [5.74, 6) is -1.46. The summed E-state index contributed by atoms with van der Waals surface area (Å²) in [5.41, 5.74) is 0.142. The van der Waals surface area contributed by atoms with Crippen molar-refractivity contribution in [2.24, 2.45) is 0 Å². The summed E-state index contributed by atoms with van der Waals surface area (Å²) in [6, 6.07) is 5.61. The third-order valence-electron chi connectivity index (χ3n) is 2.51. The number of carboxylic acid groups (broad SMARTS) is 1. The Labute approximate surface area is 118 Å². The quantitative estimate of drug-likeness (QED) is 0.905. The molecule has 0 aliphatic carbocycles. The number of benzene rings is 1. The predicted molar refractivity (Wildman–Crippen MR) is 71.6 cm³/mol. The van der Waals surface area contributed by atoms with Crippen molar-refractivity contribution in [3.8, 4) is 5.75 Å². The average Bonchev–Trinajstić information content (AvgIpc) is 2.94. The summed E-state index contributed by atoms with van der Waals surface area (Å²) in [4.78, 5) is 22.8. The Balaban J connectivity index is 2.33. The number of nitrogens with one attached hydrogen (secondary N) is 1. The second-order valence-corrected chi connectivity index (χ2v) is 4.18. The fourth-order valence-electron chi connectivity index (χ4n) is 1.58. The minimum absolute atomic E-state index is 0.0862. The van der Waals surface area contributed by atoms with Crippen molar-refractivity contribution in [3.63, 3.8) is 0 Å². The van der Waals surface area contributed by atoms with Crippen LogP contribution in [0.3, 0.4) is 0 Å². The van der Waals surface area contributed by atoms with Gasteiger partial charge in [0.2, 0.25) is 0 Å². The molecule has 1 heterocycles. The van der Waals surface area contributed by atoms with E-state index in [1.165, 1.54) is 31.6 Å². The van der Waals surface area contributed by atoms with Crippen molar-refractivity contribution in [2.45, 2.75) is 0 Å². The monoisotopic (exact) mass is 295 g/mol. The van der Waals surface area contributed by atoms with Crippen LogP contribution in [-0.4, -0.2) is 24.1 Å². The number of anilines is 1. The highest BCUT2D eigenvalue weighted by Gasteiger charge is 2.17. The first-order valence-corrected chi connectivity index (χ1v) is 5.86. The third kappa shape index (κ3) is 2.75. The molecular formula is C13H10ClNO5. The van der Waals surface area contributed by atoms with Gasteiger partial charge in [-0.2, -0.15) is 0 Å². The maximum absolute atomic E-state index is 11.8. The van der Waals surface area contributed by atoms with Crippen LogP contribution in [0.4, 0.5) is 5.69 Å². The Kier molecular flexibility index (Phi) is 3.95. The fraction of sp³-hybridized carbons (Fsp3) is 0.0769. The SMILES string of the molecule is COc1cc(NC(=O)c2ccco2)c(Cl)cc1C(=O)O. The lowest BCUT2D eigenvalue weighted by molar-refractivity contribution is 0.0693. The van der Waals surface area contributed by atoms with Crippen molar-refractivity contribution >= 4 is 29.2 Å². The number of amides is 1. The second kappa shape index (κ2) is 5.66. The summed E-state index contributed by atoms with van der Waals surface area (Å²) < 4.78 is 9.91. The molecule has 1 aromatic carbocycles. The maximum Gasteiger partial charge on any atom is 0.339 e. The van der Waals surface area contributed by atoms with Gasteiger partial charge in [-0.05, 0) is 18.2 Å². The molecule has 0 radical (unpaired) electrons. The zero-order valence-electron chi connectivity index (χ0n) is 10.3. The number of rotatable bonds is 4. The van der Waals surface area contributed by atoms with Crippen molar-refractivity contribution in [1.82, 2.24) is 0 Å². The van der Waals surface area contributed by atoms with Crippen LogP contribution < -0.4 is 10.1 Å². The van der Waals surface area contributed by atoms with E-state index < -0.39 is 11.9 Å². The number of carbonyl (C=O) groups is 2. The van der Waals surface area contributed by atoms with Crippen molar-refractivity contribution in [2.75, 3.05) is 12.4 Å². The molecule has 20 heavy (non-hydrogen) atoms. The molecule has 2 aromatic rings. The summed E-state index contributed by atoms with van der Waals surface area (Å²) in [7, 11) is 1.33. The van der Waals surface area contributed by atoms with Crippen molar-refractivity contribution in [1.29, 1.82) is 0 Å². The van der Waals surface area contributed by atoms with Crippen LogP contribution in [0.2, 0.25) is 5.02 Å². The molecule has 2 rings (SSSR count). The Morgan fingerprint density at radius 1 is 1.40 bits per heavy atom. The lowest BCUT2D eigenvalue weighted by atomic mass is 10.1. The standard InChI is InChI=1S/C13H10ClNO5/c1-19-11-6-9(8(14)5-7(11)13(17)18)15-12(16)10-3-2-4-20-10/h2-6H,1H3,(H,15,16)(H,17,18). The smallest absolute Gasteiger partial charge is 0.339 e. The van der Waals surface area contributed by atoms with Gasteiger partial charge in [0.1, 0.15) is 11.3 Å². The average molecular weight is 296 g/mol. The highest BCUT2D eigenvalue weighted by molar-refractivity contribution is 6.34. The number of halogens is 1. The molecule has 0 aliphatic heterocycles. The van der Waals surface area contributed by atoms with E-state index in [-0.39, 0.29) is 27.8 Å². The topological polar surface area (TPSA) is 88.8 Å².